The molecule has 0 aromatic heterocycles. The van der Waals surface area contributed by atoms with Crippen LogP contribution in [0.2, 0.25) is 0 Å². The van der Waals surface area contributed by atoms with Crippen LogP contribution in [0.25, 0.3) is 0 Å². The van der Waals surface area contributed by atoms with E-state index in [-0.39, 0.29) is 11.9 Å². The highest BCUT2D eigenvalue weighted by Crippen LogP contribution is 2.34. The third-order valence-electron chi connectivity index (χ3n) is 3.37. The molecule has 1 N–H and O–H groups in total. The molecule has 2 atom stereocenters. The van der Waals surface area contributed by atoms with Crippen molar-refractivity contribution >= 4 is 15.9 Å². The lowest BCUT2D eigenvalue weighted by molar-refractivity contribution is 0.176. The van der Waals surface area contributed by atoms with Gasteiger partial charge < -0.3 is 10.1 Å². The minimum atomic E-state index is -0.199. The molecule has 4 heteroatoms. The molecule has 0 bridgehead atoms. The standard InChI is InChI=1S/C14H19BrFNO/c1-2-7-17-14(10-6-8-18-9-10)11-4-3-5-12(16)13(11)15/h3-5,10,14,17H,2,6-9H2,1H3. The molecule has 1 heterocycles. The molecule has 1 aromatic carbocycles. The second-order valence-corrected chi connectivity index (χ2v) is 5.49. The molecule has 1 aliphatic heterocycles. The Kier molecular flexibility index (Phi) is 5.15. The van der Waals surface area contributed by atoms with Crippen molar-refractivity contribution in [1.82, 2.24) is 5.32 Å². The summed E-state index contributed by atoms with van der Waals surface area (Å²) in [5, 5.41) is 3.52. The predicted molar refractivity (Wildman–Crippen MR) is 74.1 cm³/mol. The van der Waals surface area contributed by atoms with Gasteiger partial charge in [-0.2, -0.15) is 0 Å². The number of hydrogen-bond donors (Lipinski definition) is 1. The lowest BCUT2D eigenvalue weighted by Crippen LogP contribution is -2.29. The van der Waals surface area contributed by atoms with Crippen molar-refractivity contribution in [3.8, 4) is 0 Å². The number of rotatable bonds is 5. The van der Waals surface area contributed by atoms with Gasteiger partial charge in [0, 0.05) is 18.6 Å². The van der Waals surface area contributed by atoms with E-state index in [4.69, 9.17) is 4.74 Å². The molecule has 0 radical (unpaired) electrons. The third-order valence-corrected chi connectivity index (χ3v) is 4.20. The van der Waals surface area contributed by atoms with Crippen LogP contribution in [0.1, 0.15) is 31.4 Å². The maximum absolute atomic E-state index is 13.6. The largest absolute Gasteiger partial charge is 0.381 e. The fraction of sp³-hybridized carbons (Fsp3) is 0.571. The molecule has 1 saturated heterocycles. The second-order valence-electron chi connectivity index (χ2n) is 4.70. The minimum absolute atomic E-state index is 0.164. The van der Waals surface area contributed by atoms with Gasteiger partial charge in [-0.25, -0.2) is 4.39 Å². The molecule has 0 amide bonds. The first kappa shape index (κ1) is 14.0. The first-order valence-electron chi connectivity index (χ1n) is 6.49. The fourth-order valence-corrected chi connectivity index (χ4v) is 2.92. The number of halogens is 2. The highest BCUT2D eigenvalue weighted by Gasteiger charge is 2.28. The van der Waals surface area contributed by atoms with Crippen molar-refractivity contribution in [3.05, 3.63) is 34.1 Å². The Morgan fingerprint density at radius 1 is 1.56 bits per heavy atom. The van der Waals surface area contributed by atoms with Crippen LogP contribution in [-0.4, -0.2) is 19.8 Å². The summed E-state index contributed by atoms with van der Waals surface area (Å²) in [6.07, 6.45) is 2.10. The normalized spacial score (nSPS) is 21.2. The van der Waals surface area contributed by atoms with Gasteiger partial charge >= 0.3 is 0 Å². The molecule has 0 spiro atoms. The summed E-state index contributed by atoms with van der Waals surface area (Å²) in [5.74, 6) is 0.226. The maximum atomic E-state index is 13.6. The average Bonchev–Trinajstić information content (AvgIpc) is 2.88. The number of nitrogens with one attached hydrogen (secondary N) is 1. The molecule has 2 unspecified atom stereocenters. The molecule has 1 fully saturated rings. The zero-order valence-electron chi connectivity index (χ0n) is 10.6. The summed E-state index contributed by atoms with van der Waals surface area (Å²) in [5.41, 5.74) is 0.999. The zero-order valence-corrected chi connectivity index (χ0v) is 12.2. The Bertz CT molecular complexity index is 393. The summed E-state index contributed by atoms with van der Waals surface area (Å²) >= 11 is 3.36. The van der Waals surface area contributed by atoms with Gasteiger partial charge in [0.25, 0.3) is 0 Å². The van der Waals surface area contributed by atoms with E-state index in [9.17, 15) is 4.39 Å². The van der Waals surface area contributed by atoms with E-state index in [1.807, 2.05) is 6.07 Å². The van der Waals surface area contributed by atoms with Crippen LogP contribution in [0, 0.1) is 11.7 Å². The molecule has 2 rings (SSSR count). The van der Waals surface area contributed by atoms with Gasteiger partial charge in [-0.3, -0.25) is 0 Å². The van der Waals surface area contributed by atoms with Crippen LogP contribution in [0.5, 0.6) is 0 Å². The molecule has 1 aromatic rings. The molecule has 0 aliphatic carbocycles. The molecule has 1 aliphatic rings. The van der Waals surface area contributed by atoms with E-state index < -0.39 is 0 Å². The number of hydrogen-bond acceptors (Lipinski definition) is 2. The lowest BCUT2D eigenvalue weighted by atomic mass is 9.92. The average molecular weight is 316 g/mol. The van der Waals surface area contributed by atoms with E-state index in [2.05, 4.69) is 28.2 Å². The molecule has 2 nitrogen and oxygen atoms in total. The minimum Gasteiger partial charge on any atom is -0.381 e. The zero-order chi connectivity index (χ0) is 13.0. The molecular weight excluding hydrogens is 297 g/mol. The Labute approximate surface area is 116 Å². The molecular formula is C14H19BrFNO. The quantitative estimate of drug-likeness (QED) is 0.895. The maximum Gasteiger partial charge on any atom is 0.137 e. The Hall–Kier alpha value is -0.450. The van der Waals surface area contributed by atoms with E-state index in [1.54, 1.807) is 6.07 Å². The second kappa shape index (κ2) is 6.64. The van der Waals surface area contributed by atoms with Gasteiger partial charge in [-0.1, -0.05) is 19.1 Å². The Morgan fingerprint density at radius 2 is 2.39 bits per heavy atom. The van der Waals surface area contributed by atoms with Gasteiger partial charge in [0.05, 0.1) is 11.1 Å². The van der Waals surface area contributed by atoms with Crippen molar-refractivity contribution in [2.45, 2.75) is 25.8 Å². The highest BCUT2D eigenvalue weighted by atomic mass is 79.9. The summed E-state index contributed by atoms with van der Waals surface area (Å²) in [7, 11) is 0. The summed E-state index contributed by atoms with van der Waals surface area (Å²) in [4.78, 5) is 0. The van der Waals surface area contributed by atoms with E-state index >= 15 is 0 Å². The predicted octanol–water partition coefficient (Wildman–Crippen LogP) is 3.67. The van der Waals surface area contributed by atoms with Gasteiger partial charge in [0.1, 0.15) is 5.82 Å². The van der Waals surface area contributed by atoms with Crippen LogP contribution >= 0.6 is 15.9 Å². The van der Waals surface area contributed by atoms with Gasteiger partial charge in [-0.05, 0) is 46.9 Å². The van der Waals surface area contributed by atoms with Gasteiger partial charge in [-0.15, -0.1) is 0 Å². The van der Waals surface area contributed by atoms with Crippen molar-refractivity contribution in [2.24, 2.45) is 5.92 Å². The lowest BCUT2D eigenvalue weighted by Gasteiger charge is -2.25. The summed E-state index contributed by atoms with van der Waals surface area (Å²) < 4.78 is 19.7. The SMILES string of the molecule is CCCNC(c1cccc(F)c1Br)C1CCOC1. The monoisotopic (exact) mass is 315 g/mol. The highest BCUT2D eigenvalue weighted by molar-refractivity contribution is 9.10. The van der Waals surface area contributed by atoms with Crippen molar-refractivity contribution in [1.29, 1.82) is 0 Å². The Balaban J connectivity index is 2.23. The first-order chi connectivity index (χ1) is 8.74. The Morgan fingerprint density at radius 3 is 3.06 bits per heavy atom. The van der Waals surface area contributed by atoms with Crippen molar-refractivity contribution in [3.63, 3.8) is 0 Å². The van der Waals surface area contributed by atoms with Crippen LogP contribution in [0.3, 0.4) is 0 Å². The third kappa shape index (κ3) is 3.11. The molecule has 18 heavy (non-hydrogen) atoms. The smallest absolute Gasteiger partial charge is 0.137 e. The summed E-state index contributed by atoms with van der Waals surface area (Å²) in [6.45, 7) is 4.63. The topological polar surface area (TPSA) is 21.3 Å². The van der Waals surface area contributed by atoms with Crippen LogP contribution in [0.4, 0.5) is 4.39 Å². The van der Waals surface area contributed by atoms with Crippen molar-refractivity contribution < 1.29 is 9.13 Å². The first-order valence-corrected chi connectivity index (χ1v) is 7.28. The van der Waals surface area contributed by atoms with E-state index in [0.29, 0.717) is 10.4 Å². The van der Waals surface area contributed by atoms with E-state index in [0.717, 1.165) is 38.2 Å². The van der Waals surface area contributed by atoms with Gasteiger partial charge in [0.15, 0.2) is 0 Å². The van der Waals surface area contributed by atoms with Crippen LogP contribution < -0.4 is 5.32 Å². The van der Waals surface area contributed by atoms with E-state index in [1.165, 1.54) is 6.07 Å². The fourth-order valence-electron chi connectivity index (χ4n) is 2.41. The molecule has 100 valence electrons. The number of ether oxygens (including phenoxy) is 1. The molecule has 0 saturated carbocycles. The van der Waals surface area contributed by atoms with Gasteiger partial charge in [0.2, 0.25) is 0 Å². The van der Waals surface area contributed by atoms with Crippen LogP contribution in [-0.2, 0) is 4.74 Å². The summed E-state index contributed by atoms with van der Waals surface area (Å²) in [6, 6.07) is 5.40. The number of benzene rings is 1. The van der Waals surface area contributed by atoms with Crippen molar-refractivity contribution in [2.75, 3.05) is 19.8 Å². The van der Waals surface area contributed by atoms with Crippen LogP contribution in [0.15, 0.2) is 22.7 Å².